The van der Waals surface area contributed by atoms with Gasteiger partial charge in [-0.3, -0.25) is 4.68 Å². The first-order chi connectivity index (χ1) is 7.35. The maximum Gasteiger partial charge on any atom is 0.102 e. The fourth-order valence-electron chi connectivity index (χ4n) is 1.36. The summed E-state index contributed by atoms with van der Waals surface area (Å²) in [7, 11) is 0. The predicted molar refractivity (Wildman–Crippen MR) is 60.3 cm³/mol. The molecule has 2 aromatic heterocycles. The van der Waals surface area contributed by atoms with Crippen LogP contribution in [-0.4, -0.2) is 14.9 Å². The lowest BCUT2D eigenvalue weighted by molar-refractivity contribution is 0.269. The van der Waals surface area contributed by atoms with E-state index in [1.54, 1.807) is 16.0 Å². The van der Waals surface area contributed by atoms with E-state index < -0.39 is 0 Å². The highest BCUT2D eigenvalue weighted by Crippen LogP contribution is 2.21. The molecule has 76 valence electrons. The Morgan fingerprint density at radius 1 is 1.60 bits per heavy atom. The fraction of sp³-hybridized carbons (Fsp3) is 0.182. The minimum Gasteiger partial charge on any atom is -0.390 e. The molecular weight excluding hydrogens is 208 g/mol. The van der Waals surface area contributed by atoms with Crippen molar-refractivity contribution < 1.29 is 5.11 Å². The molecule has 15 heavy (non-hydrogen) atoms. The first-order valence-electron chi connectivity index (χ1n) is 4.48. The van der Waals surface area contributed by atoms with Gasteiger partial charge in [0.15, 0.2) is 0 Å². The highest BCUT2D eigenvalue weighted by atomic mass is 32.1. The molecule has 0 aliphatic carbocycles. The summed E-state index contributed by atoms with van der Waals surface area (Å²) in [6.07, 6.45) is 5.22. The van der Waals surface area contributed by atoms with Gasteiger partial charge in [-0.15, -0.1) is 6.42 Å². The predicted octanol–water partition coefficient (Wildman–Crippen LogP) is 1.74. The van der Waals surface area contributed by atoms with Gasteiger partial charge in [0, 0.05) is 10.9 Å². The lowest BCUT2D eigenvalue weighted by Crippen LogP contribution is -2.03. The zero-order valence-electron chi connectivity index (χ0n) is 8.05. The zero-order chi connectivity index (χ0) is 10.7. The molecule has 0 aliphatic rings. The average molecular weight is 218 g/mol. The maximum absolute atomic E-state index is 9.13. The molecule has 0 spiro atoms. The van der Waals surface area contributed by atoms with E-state index in [0.29, 0.717) is 6.54 Å². The van der Waals surface area contributed by atoms with Crippen molar-refractivity contribution in [3.05, 3.63) is 28.6 Å². The van der Waals surface area contributed by atoms with E-state index in [1.165, 1.54) is 0 Å². The number of thiophene rings is 1. The molecule has 0 amide bonds. The van der Waals surface area contributed by atoms with Gasteiger partial charge >= 0.3 is 0 Å². The van der Waals surface area contributed by atoms with Crippen molar-refractivity contribution in [2.24, 2.45) is 0 Å². The van der Waals surface area contributed by atoms with Gasteiger partial charge in [0.25, 0.3) is 0 Å². The lowest BCUT2D eigenvalue weighted by atomic mass is 10.2. The van der Waals surface area contributed by atoms with E-state index in [4.69, 9.17) is 11.5 Å². The number of hydrogen-bond donors (Lipinski definition) is 1. The van der Waals surface area contributed by atoms with E-state index in [2.05, 4.69) is 11.0 Å². The van der Waals surface area contributed by atoms with Crippen LogP contribution >= 0.6 is 11.3 Å². The van der Waals surface area contributed by atoms with E-state index in [0.717, 1.165) is 17.0 Å². The van der Waals surface area contributed by atoms with E-state index in [9.17, 15) is 0 Å². The van der Waals surface area contributed by atoms with Crippen LogP contribution in [-0.2, 0) is 13.2 Å². The summed E-state index contributed by atoms with van der Waals surface area (Å²) < 4.78 is 1.65. The quantitative estimate of drug-likeness (QED) is 0.797. The first-order valence-corrected chi connectivity index (χ1v) is 5.43. The Morgan fingerprint density at radius 3 is 3.07 bits per heavy atom. The van der Waals surface area contributed by atoms with Gasteiger partial charge in [-0.2, -0.15) is 16.4 Å². The van der Waals surface area contributed by atoms with E-state index in [-0.39, 0.29) is 6.61 Å². The molecule has 2 rings (SSSR count). The summed E-state index contributed by atoms with van der Waals surface area (Å²) >= 11 is 1.62. The van der Waals surface area contributed by atoms with Crippen molar-refractivity contribution in [3.63, 3.8) is 0 Å². The minimum atomic E-state index is -0.0428. The topological polar surface area (TPSA) is 38.0 Å². The summed E-state index contributed by atoms with van der Waals surface area (Å²) in [5, 5.41) is 17.5. The number of hydrogen-bond acceptors (Lipinski definition) is 3. The number of rotatable bonds is 3. The van der Waals surface area contributed by atoms with Crippen LogP contribution in [0.3, 0.4) is 0 Å². The third-order valence-corrected chi connectivity index (χ3v) is 2.77. The van der Waals surface area contributed by atoms with Gasteiger partial charge in [-0.05, 0) is 17.5 Å². The van der Waals surface area contributed by atoms with E-state index >= 15 is 0 Å². The van der Waals surface area contributed by atoms with E-state index in [1.807, 2.05) is 22.9 Å². The molecule has 0 aliphatic heterocycles. The highest BCUT2D eigenvalue weighted by Gasteiger charge is 2.07. The molecule has 0 unspecified atom stereocenters. The Balaban J connectivity index is 2.39. The SMILES string of the molecule is C#CCn1nc(-c2ccsc2)cc1CO. The van der Waals surface area contributed by atoms with Crippen LogP contribution in [0.2, 0.25) is 0 Å². The third-order valence-electron chi connectivity index (χ3n) is 2.08. The average Bonchev–Trinajstić information content (AvgIpc) is 2.84. The van der Waals surface area contributed by atoms with Gasteiger partial charge in [-0.25, -0.2) is 0 Å². The Labute approximate surface area is 92.0 Å². The van der Waals surface area contributed by atoms with Crippen molar-refractivity contribution >= 4 is 11.3 Å². The lowest BCUT2D eigenvalue weighted by Gasteiger charge is -1.98. The van der Waals surface area contributed by atoms with Gasteiger partial charge in [0.1, 0.15) is 6.54 Å². The number of aliphatic hydroxyl groups excluding tert-OH is 1. The Morgan fingerprint density at radius 2 is 2.47 bits per heavy atom. The van der Waals surface area contributed by atoms with Crippen molar-refractivity contribution in [1.82, 2.24) is 9.78 Å². The molecule has 3 nitrogen and oxygen atoms in total. The van der Waals surface area contributed by atoms with Crippen molar-refractivity contribution in [2.75, 3.05) is 0 Å². The van der Waals surface area contributed by atoms with Gasteiger partial charge in [-0.1, -0.05) is 5.92 Å². The van der Waals surface area contributed by atoms with Crippen molar-refractivity contribution in [1.29, 1.82) is 0 Å². The van der Waals surface area contributed by atoms with Crippen LogP contribution < -0.4 is 0 Å². The second-order valence-electron chi connectivity index (χ2n) is 3.05. The summed E-state index contributed by atoms with van der Waals surface area (Å²) in [6.45, 7) is 0.346. The molecule has 1 N–H and O–H groups in total. The van der Waals surface area contributed by atoms with Crippen molar-refractivity contribution in [2.45, 2.75) is 13.2 Å². The van der Waals surface area contributed by atoms with Gasteiger partial charge in [0.2, 0.25) is 0 Å². The molecule has 0 fully saturated rings. The number of nitrogens with zero attached hydrogens (tertiary/aromatic N) is 2. The Bertz CT molecular complexity index is 479. The second-order valence-corrected chi connectivity index (χ2v) is 3.83. The molecule has 0 saturated heterocycles. The Hall–Kier alpha value is -1.57. The summed E-state index contributed by atoms with van der Waals surface area (Å²) in [5.74, 6) is 2.51. The molecule has 0 aromatic carbocycles. The van der Waals surface area contributed by atoms with Gasteiger partial charge in [0.05, 0.1) is 18.0 Å². The summed E-state index contributed by atoms with van der Waals surface area (Å²) in [4.78, 5) is 0. The maximum atomic E-state index is 9.13. The van der Waals surface area contributed by atoms with Gasteiger partial charge < -0.3 is 5.11 Å². The number of aliphatic hydroxyl groups is 1. The molecule has 0 atom stereocenters. The zero-order valence-corrected chi connectivity index (χ0v) is 8.87. The van der Waals surface area contributed by atoms with Crippen LogP contribution in [0.15, 0.2) is 22.9 Å². The minimum absolute atomic E-state index is 0.0428. The van der Waals surface area contributed by atoms with Crippen LogP contribution in [0, 0.1) is 12.3 Å². The molecule has 2 aromatic rings. The fourth-order valence-corrected chi connectivity index (χ4v) is 2.01. The smallest absolute Gasteiger partial charge is 0.102 e. The van der Waals surface area contributed by atoms with Crippen LogP contribution in [0.1, 0.15) is 5.69 Å². The largest absolute Gasteiger partial charge is 0.390 e. The summed E-state index contributed by atoms with van der Waals surface area (Å²) in [5.41, 5.74) is 2.66. The summed E-state index contributed by atoms with van der Waals surface area (Å²) in [6, 6.07) is 3.85. The standard InChI is InChI=1S/C11H10N2OS/c1-2-4-13-10(7-14)6-11(12-13)9-3-5-15-8-9/h1,3,5-6,8,14H,4,7H2. The molecular formula is C11H10N2OS. The molecule has 0 radical (unpaired) electrons. The highest BCUT2D eigenvalue weighted by molar-refractivity contribution is 7.08. The van der Waals surface area contributed by atoms with Crippen LogP contribution in [0.4, 0.5) is 0 Å². The molecule has 0 bridgehead atoms. The third kappa shape index (κ3) is 1.94. The number of terminal acetylenes is 1. The first kappa shape index (κ1) is 9.97. The normalized spacial score (nSPS) is 10.1. The number of aromatic nitrogens is 2. The monoisotopic (exact) mass is 218 g/mol. The van der Waals surface area contributed by atoms with Crippen molar-refractivity contribution in [3.8, 4) is 23.6 Å². The second kappa shape index (κ2) is 4.30. The van der Waals surface area contributed by atoms with Crippen LogP contribution in [0.5, 0.6) is 0 Å². The Kier molecular flexibility index (Phi) is 2.86. The molecule has 4 heteroatoms. The van der Waals surface area contributed by atoms with Crippen LogP contribution in [0.25, 0.3) is 11.3 Å². The molecule has 0 saturated carbocycles. The molecule has 2 heterocycles.